The van der Waals surface area contributed by atoms with Crippen molar-refractivity contribution >= 4 is 45.8 Å². The number of benzene rings is 1. The van der Waals surface area contributed by atoms with Gasteiger partial charge < -0.3 is 9.15 Å². The van der Waals surface area contributed by atoms with E-state index in [0.717, 1.165) is 24.3 Å². The molecule has 0 saturated heterocycles. The van der Waals surface area contributed by atoms with E-state index in [1.807, 2.05) is 0 Å². The molecule has 0 bridgehead atoms. The lowest BCUT2D eigenvalue weighted by Crippen LogP contribution is -2.35. The number of methoxy groups -OCH3 is 1. The van der Waals surface area contributed by atoms with Crippen molar-refractivity contribution in [3.63, 3.8) is 0 Å². The molecular formula is C25H26N4O4S. The van der Waals surface area contributed by atoms with Gasteiger partial charge in [0, 0.05) is 5.56 Å². The van der Waals surface area contributed by atoms with Gasteiger partial charge in [0.15, 0.2) is 5.84 Å². The van der Waals surface area contributed by atoms with E-state index in [4.69, 9.17) is 14.6 Å². The van der Waals surface area contributed by atoms with E-state index in [-0.39, 0.29) is 11.4 Å². The van der Waals surface area contributed by atoms with Crippen molar-refractivity contribution in [2.75, 3.05) is 7.11 Å². The molecule has 1 N–H and O–H groups in total. The number of unbranched alkanes of at least 4 members (excludes halogenated alkanes) is 4. The van der Waals surface area contributed by atoms with Crippen LogP contribution in [0.3, 0.4) is 0 Å². The Morgan fingerprint density at radius 3 is 2.76 bits per heavy atom. The molecule has 9 heteroatoms. The Kier molecular flexibility index (Phi) is 7.42. The number of esters is 1. The van der Waals surface area contributed by atoms with Gasteiger partial charge in [-0.05, 0) is 48.9 Å². The highest BCUT2D eigenvalue weighted by atomic mass is 32.2. The minimum atomic E-state index is -0.504. The van der Waals surface area contributed by atoms with Gasteiger partial charge in [-0.2, -0.15) is 15.1 Å². The van der Waals surface area contributed by atoms with Crippen LogP contribution in [0, 0.1) is 5.41 Å². The normalized spacial score (nSPS) is 16.5. The summed E-state index contributed by atoms with van der Waals surface area (Å²) < 4.78 is 10.7. The summed E-state index contributed by atoms with van der Waals surface area (Å²) in [4.78, 5) is 28.9. The second-order valence-corrected chi connectivity index (χ2v) is 8.96. The Bertz CT molecular complexity index is 1210. The maximum Gasteiger partial charge on any atom is 0.338 e. The van der Waals surface area contributed by atoms with Crippen molar-refractivity contribution in [2.24, 2.45) is 10.1 Å². The number of rotatable bonds is 9. The van der Waals surface area contributed by atoms with Gasteiger partial charge in [0.1, 0.15) is 16.6 Å². The first-order valence-electron chi connectivity index (χ1n) is 11.3. The van der Waals surface area contributed by atoms with Gasteiger partial charge in [0.2, 0.25) is 5.17 Å². The number of carbonyl (C=O) groups excluding carboxylic acids is 2. The van der Waals surface area contributed by atoms with Gasteiger partial charge in [-0.3, -0.25) is 10.2 Å². The van der Waals surface area contributed by atoms with Crippen LogP contribution in [-0.2, 0) is 9.53 Å². The summed E-state index contributed by atoms with van der Waals surface area (Å²) in [6.07, 6.45) is 8.10. The molecule has 1 aromatic heterocycles. The average molecular weight is 479 g/mol. The molecule has 4 rings (SSSR count). The number of hydrazone groups is 1. The van der Waals surface area contributed by atoms with Gasteiger partial charge in [0.05, 0.1) is 18.2 Å². The Labute approximate surface area is 202 Å². The lowest BCUT2D eigenvalue weighted by molar-refractivity contribution is -0.114. The van der Waals surface area contributed by atoms with E-state index in [2.05, 4.69) is 17.0 Å². The second-order valence-electron chi connectivity index (χ2n) is 7.92. The molecule has 0 fully saturated rings. The van der Waals surface area contributed by atoms with Crippen LogP contribution in [0.25, 0.3) is 17.4 Å². The van der Waals surface area contributed by atoms with E-state index >= 15 is 0 Å². The lowest BCUT2D eigenvalue weighted by Gasteiger charge is -2.19. The van der Waals surface area contributed by atoms with Crippen molar-refractivity contribution in [2.45, 2.75) is 45.4 Å². The molecule has 0 unspecified atom stereocenters. The molecule has 1 amide bonds. The third-order valence-corrected chi connectivity index (χ3v) is 6.47. The predicted molar refractivity (Wildman–Crippen MR) is 134 cm³/mol. The summed E-state index contributed by atoms with van der Waals surface area (Å²) in [7, 11) is 1.32. The molecule has 0 saturated carbocycles. The van der Waals surface area contributed by atoms with E-state index in [1.165, 1.54) is 49.2 Å². The summed E-state index contributed by atoms with van der Waals surface area (Å²) >= 11 is 1.35. The van der Waals surface area contributed by atoms with Gasteiger partial charge in [0.25, 0.3) is 5.91 Å². The van der Waals surface area contributed by atoms with Crippen LogP contribution in [0.5, 0.6) is 0 Å². The van der Waals surface area contributed by atoms with Crippen molar-refractivity contribution in [1.82, 2.24) is 5.01 Å². The number of amidine groups is 2. The zero-order valence-electron chi connectivity index (χ0n) is 19.2. The molecule has 0 spiro atoms. The molecule has 0 radical (unpaired) electrons. The molecule has 8 nitrogen and oxygen atoms in total. The fraction of sp³-hybridized carbons (Fsp3) is 0.320. The number of thioether (sulfide) groups is 1. The monoisotopic (exact) mass is 478 g/mol. The second kappa shape index (κ2) is 10.6. The van der Waals surface area contributed by atoms with Crippen LogP contribution in [0.15, 0.2) is 56.5 Å². The van der Waals surface area contributed by atoms with Gasteiger partial charge in [-0.25, -0.2) is 4.79 Å². The fourth-order valence-corrected chi connectivity index (χ4v) is 4.64. The van der Waals surface area contributed by atoms with Crippen LogP contribution >= 0.6 is 11.8 Å². The van der Waals surface area contributed by atoms with E-state index in [1.54, 1.807) is 36.4 Å². The molecule has 0 atom stereocenters. The number of hydrogen-bond acceptors (Lipinski definition) is 7. The fourth-order valence-electron chi connectivity index (χ4n) is 3.72. The zero-order valence-corrected chi connectivity index (χ0v) is 20.0. The van der Waals surface area contributed by atoms with Crippen LogP contribution in [0.4, 0.5) is 0 Å². The molecule has 2 aliphatic heterocycles. The van der Waals surface area contributed by atoms with Crippen LogP contribution in [0.1, 0.15) is 61.6 Å². The summed E-state index contributed by atoms with van der Waals surface area (Å²) in [6, 6.07) is 10.3. The van der Waals surface area contributed by atoms with Crippen molar-refractivity contribution in [1.29, 1.82) is 5.41 Å². The quantitative estimate of drug-likeness (QED) is 0.281. The molecule has 3 heterocycles. The number of furan rings is 1. The van der Waals surface area contributed by atoms with E-state index < -0.39 is 11.9 Å². The number of nitrogens with one attached hydrogen (secondary N) is 1. The minimum absolute atomic E-state index is 0.0311. The van der Waals surface area contributed by atoms with E-state index in [0.29, 0.717) is 27.8 Å². The maximum absolute atomic E-state index is 12.7. The zero-order chi connectivity index (χ0) is 24.1. The Morgan fingerprint density at radius 1 is 1.18 bits per heavy atom. The highest BCUT2D eigenvalue weighted by molar-refractivity contribution is 8.26. The Balaban J connectivity index is 1.51. The van der Waals surface area contributed by atoms with Gasteiger partial charge in [-0.15, -0.1) is 0 Å². The Hall–Kier alpha value is -3.46. The highest BCUT2D eigenvalue weighted by Crippen LogP contribution is 2.31. The average Bonchev–Trinajstić information content (AvgIpc) is 3.48. The first-order valence-corrected chi connectivity index (χ1v) is 12.1. The predicted octanol–water partition coefficient (Wildman–Crippen LogP) is 5.71. The first-order chi connectivity index (χ1) is 16.5. The van der Waals surface area contributed by atoms with Crippen molar-refractivity contribution < 1.29 is 18.7 Å². The first kappa shape index (κ1) is 23.7. The number of fused-ring (bicyclic) bond motifs is 1. The summed E-state index contributed by atoms with van der Waals surface area (Å²) in [5, 5.41) is 15.7. The topological polar surface area (TPSA) is 108 Å². The van der Waals surface area contributed by atoms with Crippen molar-refractivity contribution in [3.8, 4) is 11.3 Å². The number of carbonyl (C=O) groups is 2. The summed E-state index contributed by atoms with van der Waals surface area (Å²) in [6.45, 7) is 2.19. The number of ether oxygens (including phenoxy) is 1. The number of aliphatic imine (C=N–C) groups is 1. The number of amides is 1. The summed E-state index contributed by atoms with van der Waals surface area (Å²) in [5.74, 6) is -0.184. The maximum atomic E-state index is 12.7. The van der Waals surface area contributed by atoms with Crippen LogP contribution in [0.2, 0.25) is 0 Å². The third kappa shape index (κ3) is 5.04. The van der Waals surface area contributed by atoms with Crippen LogP contribution in [-0.4, -0.2) is 40.0 Å². The lowest BCUT2D eigenvalue weighted by atomic mass is 10.1. The van der Waals surface area contributed by atoms with Crippen molar-refractivity contribution in [3.05, 3.63) is 53.3 Å². The van der Waals surface area contributed by atoms with Gasteiger partial charge in [-0.1, -0.05) is 50.8 Å². The molecule has 0 aliphatic carbocycles. The Morgan fingerprint density at radius 2 is 1.97 bits per heavy atom. The molecule has 2 aliphatic rings. The molecule has 176 valence electrons. The molecule has 34 heavy (non-hydrogen) atoms. The molecule has 1 aromatic carbocycles. The third-order valence-electron chi connectivity index (χ3n) is 5.50. The number of nitrogens with zero attached hydrogens (tertiary/aromatic N) is 3. The largest absolute Gasteiger partial charge is 0.465 e. The highest BCUT2D eigenvalue weighted by Gasteiger charge is 2.35. The summed E-state index contributed by atoms with van der Waals surface area (Å²) in [5.41, 5.74) is 1.05. The van der Waals surface area contributed by atoms with Crippen LogP contribution < -0.4 is 0 Å². The smallest absolute Gasteiger partial charge is 0.338 e. The number of hydrogen-bond donors (Lipinski definition) is 1. The standard InChI is InChI=1S/C25H26N4O4S/c1-3-4-5-6-7-12-21-28-29-22(26)19(23(30)27-25(29)34-21)15-16-13-14-20(33-16)17-10-8-9-11-18(17)24(31)32-2/h8-11,13-15,26H,3-7,12H2,1-2H3. The minimum Gasteiger partial charge on any atom is -0.465 e. The molecular weight excluding hydrogens is 452 g/mol. The van der Waals surface area contributed by atoms with Gasteiger partial charge >= 0.3 is 5.97 Å². The molecule has 2 aromatic rings. The van der Waals surface area contributed by atoms with E-state index in [9.17, 15) is 9.59 Å². The SMILES string of the molecule is CCCCCCCC1=NN2C(=N)C(=Cc3ccc(-c4ccccc4C(=O)OC)o3)C(=O)N=C2S1.